The van der Waals surface area contributed by atoms with Crippen LogP contribution in [0.15, 0.2) is 18.5 Å². The normalized spacial score (nSPS) is 12.8. The van der Waals surface area contributed by atoms with Crippen molar-refractivity contribution < 1.29 is 5.11 Å². The summed E-state index contributed by atoms with van der Waals surface area (Å²) in [5.41, 5.74) is 0.751. The summed E-state index contributed by atoms with van der Waals surface area (Å²) < 4.78 is 0. The Morgan fingerprint density at radius 2 is 2.36 bits per heavy atom. The monoisotopic (exact) mass is 214 g/mol. The number of aliphatic hydroxyl groups is 1. The Balaban J connectivity index is 2.47. The Morgan fingerprint density at radius 1 is 1.57 bits per heavy atom. The minimum Gasteiger partial charge on any atom is -0.387 e. The van der Waals surface area contributed by atoms with Crippen LogP contribution in [0.1, 0.15) is 25.0 Å². The van der Waals surface area contributed by atoms with E-state index in [0.717, 1.165) is 18.5 Å². The number of hydrogen-bond donors (Lipinski definition) is 2. The van der Waals surface area contributed by atoms with Crippen LogP contribution in [0.25, 0.3) is 0 Å². The minimum absolute atomic E-state index is 0.534. The van der Waals surface area contributed by atoms with Gasteiger partial charge in [0.25, 0.3) is 0 Å². The highest BCUT2D eigenvalue weighted by atomic mass is 35.5. The number of halogens is 1. The summed E-state index contributed by atoms with van der Waals surface area (Å²) in [6.07, 6.45) is 3.70. The molecule has 0 fully saturated rings. The SMILES string of the molecule is CCCNCC(O)c1cncc(Cl)c1. The predicted molar refractivity (Wildman–Crippen MR) is 57.4 cm³/mol. The fraction of sp³-hybridized carbons (Fsp3) is 0.500. The van der Waals surface area contributed by atoms with Crippen LogP contribution in [0.5, 0.6) is 0 Å². The molecule has 0 aromatic carbocycles. The first-order chi connectivity index (χ1) is 6.74. The first-order valence-corrected chi connectivity index (χ1v) is 5.11. The molecule has 1 aromatic rings. The molecular formula is C10H15ClN2O. The van der Waals surface area contributed by atoms with E-state index in [-0.39, 0.29) is 0 Å². The molecule has 0 spiro atoms. The molecule has 0 bridgehead atoms. The third-order valence-corrected chi connectivity index (χ3v) is 2.08. The molecule has 1 aromatic heterocycles. The molecule has 78 valence electrons. The standard InChI is InChI=1S/C10H15ClN2O/c1-2-3-12-7-10(14)8-4-9(11)6-13-5-8/h4-6,10,12,14H,2-3,7H2,1H3. The Bertz CT molecular complexity index is 281. The van der Waals surface area contributed by atoms with E-state index in [4.69, 9.17) is 11.6 Å². The van der Waals surface area contributed by atoms with Crippen molar-refractivity contribution in [3.8, 4) is 0 Å². The summed E-state index contributed by atoms with van der Waals surface area (Å²) in [6.45, 7) is 3.53. The van der Waals surface area contributed by atoms with Crippen LogP contribution in [0.3, 0.4) is 0 Å². The highest BCUT2D eigenvalue weighted by molar-refractivity contribution is 6.30. The van der Waals surface area contributed by atoms with Gasteiger partial charge < -0.3 is 10.4 Å². The fourth-order valence-corrected chi connectivity index (χ4v) is 1.33. The maximum absolute atomic E-state index is 9.71. The van der Waals surface area contributed by atoms with Crippen LogP contribution in [0.2, 0.25) is 5.02 Å². The van der Waals surface area contributed by atoms with E-state index >= 15 is 0 Å². The highest BCUT2D eigenvalue weighted by Gasteiger charge is 2.07. The smallest absolute Gasteiger partial charge is 0.0929 e. The number of rotatable bonds is 5. The summed E-state index contributed by atoms with van der Waals surface area (Å²) in [5.74, 6) is 0. The summed E-state index contributed by atoms with van der Waals surface area (Å²) in [5, 5.41) is 13.4. The molecule has 0 saturated heterocycles. The van der Waals surface area contributed by atoms with Crippen molar-refractivity contribution in [2.75, 3.05) is 13.1 Å². The number of aliphatic hydroxyl groups excluding tert-OH is 1. The quantitative estimate of drug-likeness (QED) is 0.735. The molecular weight excluding hydrogens is 200 g/mol. The van der Waals surface area contributed by atoms with Gasteiger partial charge in [0.05, 0.1) is 11.1 Å². The van der Waals surface area contributed by atoms with Gasteiger partial charge in [0.2, 0.25) is 0 Å². The number of nitrogens with one attached hydrogen (secondary N) is 1. The van der Waals surface area contributed by atoms with Crippen LogP contribution in [0, 0.1) is 0 Å². The molecule has 0 amide bonds. The van der Waals surface area contributed by atoms with Crippen molar-refractivity contribution in [3.05, 3.63) is 29.0 Å². The van der Waals surface area contributed by atoms with E-state index < -0.39 is 6.10 Å². The molecule has 14 heavy (non-hydrogen) atoms. The molecule has 0 saturated carbocycles. The Morgan fingerprint density at radius 3 is 3.00 bits per heavy atom. The van der Waals surface area contributed by atoms with Crippen LogP contribution in [-0.4, -0.2) is 23.2 Å². The van der Waals surface area contributed by atoms with E-state index in [9.17, 15) is 5.11 Å². The molecule has 2 N–H and O–H groups in total. The van der Waals surface area contributed by atoms with Crippen LogP contribution in [-0.2, 0) is 0 Å². The van der Waals surface area contributed by atoms with E-state index in [1.54, 1.807) is 18.5 Å². The maximum Gasteiger partial charge on any atom is 0.0929 e. The molecule has 0 aliphatic carbocycles. The molecule has 4 heteroatoms. The van der Waals surface area contributed by atoms with Crippen molar-refractivity contribution in [2.24, 2.45) is 0 Å². The molecule has 1 heterocycles. The average Bonchev–Trinajstić information content (AvgIpc) is 2.18. The van der Waals surface area contributed by atoms with Gasteiger partial charge in [-0.3, -0.25) is 4.98 Å². The number of aromatic nitrogens is 1. The van der Waals surface area contributed by atoms with Gasteiger partial charge in [-0.25, -0.2) is 0 Å². The first kappa shape index (κ1) is 11.4. The zero-order valence-electron chi connectivity index (χ0n) is 8.20. The zero-order chi connectivity index (χ0) is 10.4. The number of pyridine rings is 1. The van der Waals surface area contributed by atoms with Crippen LogP contribution in [0.4, 0.5) is 0 Å². The van der Waals surface area contributed by atoms with Gasteiger partial charge in [0.1, 0.15) is 0 Å². The van der Waals surface area contributed by atoms with Gasteiger partial charge in [-0.2, -0.15) is 0 Å². The first-order valence-electron chi connectivity index (χ1n) is 4.73. The Hall–Kier alpha value is -0.640. The molecule has 1 rings (SSSR count). The lowest BCUT2D eigenvalue weighted by Gasteiger charge is -2.11. The van der Waals surface area contributed by atoms with Crippen molar-refractivity contribution in [2.45, 2.75) is 19.4 Å². The second-order valence-corrected chi connectivity index (χ2v) is 3.59. The lowest BCUT2D eigenvalue weighted by Crippen LogP contribution is -2.22. The number of hydrogen-bond acceptors (Lipinski definition) is 3. The molecule has 1 unspecified atom stereocenters. The van der Waals surface area contributed by atoms with Crippen molar-refractivity contribution >= 4 is 11.6 Å². The molecule has 0 aliphatic heterocycles. The lowest BCUT2D eigenvalue weighted by atomic mass is 10.1. The van der Waals surface area contributed by atoms with Gasteiger partial charge >= 0.3 is 0 Å². The van der Waals surface area contributed by atoms with E-state index in [2.05, 4.69) is 17.2 Å². The number of nitrogens with zero attached hydrogens (tertiary/aromatic N) is 1. The summed E-state index contributed by atoms with van der Waals surface area (Å²) in [7, 11) is 0. The molecule has 0 radical (unpaired) electrons. The van der Waals surface area contributed by atoms with Crippen LogP contribution >= 0.6 is 11.6 Å². The van der Waals surface area contributed by atoms with E-state index in [1.165, 1.54) is 0 Å². The largest absolute Gasteiger partial charge is 0.387 e. The van der Waals surface area contributed by atoms with Crippen molar-refractivity contribution in [1.29, 1.82) is 0 Å². The van der Waals surface area contributed by atoms with Crippen molar-refractivity contribution in [1.82, 2.24) is 10.3 Å². The fourth-order valence-electron chi connectivity index (χ4n) is 1.14. The van der Waals surface area contributed by atoms with E-state index in [1.807, 2.05) is 0 Å². The summed E-state index contributed by atoms with van der Waals surface area (Å²) >= 11 is 5.76. The van der Waals surface area contributed by atoms with Crippen molar-refractivity contribution in [3.63, 3.8) is 0 Å². The van der Waals surface area contributed by atoms with Gasteiger partial charge in [-0.1, -0.05) is 18.5 Å². The maximum atomic E-state index is 9.71. The third-order valence-electron chi connectivity index (χ3n) is 1.88. The zero-order valence-corrected chi connectivity index (χ0v) is 8.96. The average molecular weight is 215 g/mol. The summed E-state index contributed by atoms with van der Waals surface area (Å²) in [4.78, 5) is 3.91. The van der Waals surface area contributed by atoms with Gasteiger partial charge in [-0.05, 0) is 19.0 Å². The predicted octanol–water partition coefficient (Wildman–Crippen LogP) is 1.77. The van der Waals surface area contributed by atoms with Gasteiger partial charge in [0.15, 0.2) is 0 Å². The summed E-state index contributed by atoms with van der Waals surface area (Å²) in [6, 6.07) is 1.73. The second kappa shape index (κ2) is 5.96. The lowest BCUT2D eigenvalue weighted by molar-refractivity contribution is 0.174. The topological polar surface area (TPSA) is 45.1 Å². The molecule has 3 nitrogen and oxygen atoms in total. The van der Waals surface area contributed by atoms with Gasteiger partial charge in [-0.15, -0.1) is 0 Å². The van der Waals surface area contributed by atoms with Crippen LogP contribution < -0.4 is 5.32 Å². The van der Waals surface area contributed by atoms with E-state index in [0.29, 0.717) is 11.6 Å². The third kappa shape index (κ3) is 3.62. The minimum atomic E-state index is -0.534. The van der Waals surface area contributed by atoms with Gasteiger partial charge in [0, 0.05) is 24.5 Å². The Kier molecular flexibility index (Phi) is 4.87. The Labute approximate surface area is 89.1 Å². The molecule has 0 aliphatic rings. The second-order valence-electron chi connectivity index (χ2n) is 3.16. The molecule has 1 atom stereocenters. The highest BCUT2D eigenvalue weighted by Crippen LogP contribution is 2.15.